The molecule has 278 valence electrons. The Bertz CT molecular complexity index is 3550. The van der Waals surface area contributed by atoms with Gasteiger partial charge in [-0.15, -0.1) is 0 Å². The fraction of sp³-hybridized carbons (Fsp3) is 0.0179. The van der Waals surface area contributed by atoms with Crippen LogP contribution in [0, 0.1) is 0 Å². The Hall–Kier alpha value is -7.95. The zero-order chi connectivity index (χ0) is 39.4. The number of nitrogens with zero attached hydrogens (tertiary/aromatic N) is 3. The second-order valence-corrected chi connectivity index (χ2v) is 15.9. The van der Waals surface area contributed by atoms with Gasteiger partial charge >= 0.3 is 0 Å². The van der Waals surface area contributed by atoms with Crippen LogP contribution in [0.25, 0.3) is 88.4 Å². The summed E-state index contributed by atoms with van der Waals surface area (Å²) in [7, 11) is 0. The molecule has 0 unspecified atom stereocenters. The molecule has 0 amide bonds. The van der Waals surface area contributed by atoms with Crippen molar-refractivity contribution >= 4 is 43.5 Å². The largest absolute Gasteiger partial charge is 0.457 e. The van der Waals surface area contributed by atoms with Crippen molar-refractivity contribution in [2.24, 2.45) is 0 Å². The highest BCUT2D eigenvalue weighted by Gasteiger charge is 2.51. The summed E-state index contributed by atoms with van der Waals surface area (Å²) in [6, 6.07) is 71.1. The Balaban J connectivity index is 1.02. The van der Waals surface area contributed by atoms with E-state index in [4.69, 9.17) is 19.7 Å². The molecule has 0 bridgehead atoms. The fourth-order valence-corrected chi connectivity index (χ4v) is 10.0. The van der Waals surface area contributed by atoms with Gasteiger partial charge in [0, 0.05) is 49.4 Å². The van der Waals surface area contributed by atoms with E-state index in [1.165, 1.54) is 22.3 Å². The van der Waals surface area contributed by atoms with Gasteiger partial charge in [0.2, 0.25) is 0 Å². The minimum absolute atomic E-state index is 0.557. The summed E-state index contributed by atoms with van der Waals surface area (Å²) >= 11 is 0. The lowest BCUT2D eigenvalue weighted by Crippen LogP contribution is -2.32. The summed E-state index contributed by atoms with van der Waals surface area (Å²) in [5.74, 6) is 1.71. The molecule has 0 N–H and O–H groups in total. The molecule has 0 atom stereocenters. The maximum atomic E-state index is 6.97. The molecule has 4 nitrogen and oxygen atoms in total. The second kappa shape index (κ2) is 12.5. The number of para-hydroxylation sites is 2. The standard InChI is InChI=1S/C56H33N3O/c1-2-13-34(14-3-1)48-29-27-35-25-26-36-28-30-49(58-55(36)54(35)57-48)37-15-12-16-38(31-37)53-43-33-52-47(32-42(43)41-19-6-10-23-50(41)59-53)56(46-22-9-11-24-51(46)60-52)44-20-7-4-17-39(44)40-18-5-8-21-45(40)56/h1-33H. The van der Waals surface area contributed by atoms with Gasteiger partial charge in [0.1, 0.15) is 11.5 Å². The minimum Gasteiger partial charge on any atom is -0.457 e. The van der Waals surface area contributed by atoms with Crippen LogP contribution in [-0.4, -0.2) is 15.0 Å². The Morgan fingerprint density at radius 3 is 1.68 bits per heavy atom. The van der Waals surface area contributed by atoms with E-state index >= 15 is 0 Å². The highest BCUT2D eigenvalue weighted by molar-refractivity contribution is 6.12. The molecule has 0 saturated carbocycles. The van der Waals surface area contributed by atoms with Crippen LogP contribution in [0.2, 0.25) is 0 Å². The van der Waals surface area contributed by atoms with Crippen LogP contribution in [0.5, 0.6) is 11.5 Å². The molecule has 60 heavy (non-hydrogen) atoms. The molecule has 13 rings (SSSR count). The van der Waals surface area contributed by atoms with Crippen LogP contribution in [0.3, 0.4) is 0 Å². The molecule has 4 heteroatoms. The zero-order valence-electron chi connectivity index (χ0n) is 32.3. The lowest BCUT2D eigenvalue weighted by atomic mass is 9.65. The number of hydrogen-bond donors (Lipinski definition) is 0. The van der Waals surface area contributed by atoms with Crippen LogP contribution in [-0.2, 0) is 5.41 Å². The smallest absolute Gasteiger partial charge is 0.132 e. The predicted octanol–water partition coefficient (Wildman–Crippen LogP) is 14.0. The minimum atomic E-state index is -0.557. The molecule has 1 spiro atoms. The van der Waals surface area contributed by atoms with E-state index in [1.54, 1.807) is 0 Å². The number of hydrogen-bond acceptors (Lipinski definition) is 4. The predicted molar refractivity (Wildman–Crippen MR) is 244 cm³/mol. The number of benzene rings is 8. The van der Waals surface area contributed by atoms with E-state index in [9.17, 15) is 0 Å². The van der Waals surface area contributed by atoms with E-state index in [0.29, 0.717) is 0 Å². The summed E-state index contributed by atoms with van der Waals surface area (Å²) in [5.41, 5.74) is 15.3. The third-order valence-corrected chi connectivity index (χ3v) is 12.7. The van der Waals surface area contributed by atoms with Gasteiger partial charge in [-0.1, -0.05) is 158 Å². The van der Waals surface area contributed by atoms with Crippen molar-refractivity contribution in [1.82, 2.24) is 15.0 Å². The van der Waals surface area contributed by atoms with Gasteiger partial charge < -0.3 is 4.74 Å². The summed E-state index contributed by atoms with van der Waals surface area (Å²) in [4.78, 5) is 15.9. The highest BCUT2D eigenvalue weighted by Crippen LogP contribution is 2.62. The van der Waals surface area contributed by atoms with Crippen molar-refractivity contribution in [3.8, 4) is 56.4 Å². The second-order valence-electron chi connectivity index (χ2n) is 15.9. The molecule has 2 aliphatic rings. The van der Waals surface area contributed by atoms with Crippen molar-refractivity contribution in [3.05, 3.63) is 222 Å². The molecule has 11 aromatic rings. The molecule has 3 aromatic heterocycles. The Morgan fingerprint density at radius 2 is 0.933 bits per heavy atom. The van der Waals surface area contributed by atoms with E-state index in [-0.39, 0.29) is 0 Å². The van der Waals surface area contributed by atoms with Crippen molar-refractivity contribution in [2.45, 2.75) is 5.41 Å². The van der Waals surface area contributed by atoms with E-state index in [1.807, 2.05) is 18.2 Å². The third kappa shape index (κ3) is 4.64. The summed E-state index contributed by atoms with van der Waals surface area (Å²) in [6.07, 6.45) is 0. The maximum absolute atomic E-state index is 6.97. The molecule has 1 aliphatic heterocycles. The third-order valence-electron chi connectivity index (χ3n) is 12.7. The normalized spacial score (nSPS) is 13.3. The fourth-order valence-electron chi connectivity index (χ4n) is 10.0. The molecule has 0 saturated heterocycles. The van der Waals surface area contributed by atoms with Gasteiger partial charge in [-0.2, -0.15) is 0 Å². The van der Waals surface area contributed by atoms with Gasteiger partial charge in [0.15, 0.2) is 0 Å². The Morgan fingerprint density at radius 1 is 0.350 bits per heavy atom. The maximum Gasteiger partial charge on any atom is 0.132 e. The summed E-state index contributed by atoms with van der Waals surface area (Å²) in [5, 5.41) is 5.40. The monoisotopic (exact) mass is 763 g/mol. The lowest BCUT2D eigenvalue weighted by Gasteiger charge is -2.39. The molecule has 0 radical (unpaired) electrons. The van der Waals surface area contributed by atoms with Crippen molar-refractivity contribution in [1.29, 1.82) is 0 Å². The van der Waals surface area contributed by atoms with Crippen LogP contribution < -0.4 is 4.74 Å². The van der Waals surface area contributed by atoms with Crippen molar-refractivity contribution in [2.75, 3.05) is 0 Å². The number of ether oxygens (including phenoxy) is 1. The molecule has 4 heterocycles. The number of aromatic nitrogens is 3. The Kier molecular flexibility index (Phi) is 6.90. The van der Waals surface area contributed by atoms with Gasteiger partial charge in [-0.05, 0) is 70.1 Å². The molecule has 0 fully saturated rings. The summed E-state index contributed by atoms with van der Waals surface area (Å²) < 4.78 is 6.97. The topological polar surface area (TPSA) is 47.9 Å². The average molecular weight is 764 g/mol. The molecule has 8 aromatic carbocycles. The van der Waals surface area contributed by atoms with Gasteiger partial charge in [-0.25, -0.2) is 15.0 Å². The van der Waals surface area contributed by atoms with E-state index < -0.39 is 5.41 Å². The Labute approximate surface area is 346 Å². The van der Waals surface area contributed by atoms with Crippen LogP contribution in [0.1, 0.15) is 22.3 Å². The molecular weight excluding hydrogens is 731 g/mol. The SMILES string of the molecule is c1ccc(-c2ccc3ccc4ccc(-c5cccc(-c6nc7ccccc7c7cc8c(cc67)Oc6ccccc6C86c7ccccc7-c7ccccc76)c5)nc4c3n2)cc1. The lowest BCUT2D eigenvalue weighted by molar-refractivity contribution is 0.437. The van der Waals surface area contributed by atoms with E-state index in [2.05, 4.69) is 182 Å². The first-order chi connectivity index (χ1) is 29.7. The van der Waals surface area contributed by atoms with Crippen molar-refractivity contribution in [3.63, 3.8) is 0 Å². The first kappa shape index (κ1) is 33.1. The summed E-state index contributed by atoms with van der Waals surface area (Å²) in [6.45, 7) is 0. The highest BCUT2D eigenvalue weighted by atomic mass is 16.5. The van der Waals surface area contributed by atoms with Crippen LogP contribution in [0.4, 0.5) is 0 Å². The van der Waals surface area contributed by atoms with Crippen LogP contribution in [0.15, 0.2) is 200 Å². The number of fused-ring (bicyclic) bond motifs is 15. The van der Waals surface area contributed by atoms with Gasteiger partial charge in [-0.3, -0.25) is 0 Å². The first-order valence-corrected chi connectivity index (χ1v) is 20.4. The van der Waals surface area contributed by atoms with Gasteiger partial charge in [0.25, 0.3) is 0 Å². The number of rotatable bonds is 3. The zero-order valence-corrected chi connectivity index (χ0v) is 32.3. The van der Waals surface area contributed by atoms with Crippen molar-refractivity contribution < 1.29 is 4.74 Å². The van der Waals surface area contributed by atoms with Crippen LogP contribution >= 0.6 is 0 Å². The van der Waals surface area contributed by atoms with E-state index in [0.717, 1.165) is 99.9 Å². The number of pyridine rings is 3. The first-order valence-electron chi connectivity index (χ1n) is 20.4. The molecule has 1 aliphatic carbocycles. The molecular formula is C56H33N3O. The quantitative estimate of drug-likeness (QED) is 0.168. The van der Waals surface area contributed by atoms with Gasteiger partial charge in [0.05, 0.1) is 39.0 Å². The average Bonchev–Trinajstić information content (AvgIpc) is 3.61.